The fourth-order valence-electron chi connectivity index (χ4n) is 5.06. The molecular weight excluding hydrogens is 549 g/mol. The molecule has 2 aromatic rings. The lowest BCUT2D eigenvalue weighted by molar-refractivity contribution is -0.142. The number of alkyl halides is 1. The van der Waals surface area contributed by atoms with E-state index in [-0.39, 0.29) is 46.3 Å². The Morgan fingerprint density at radius 1 is 1.18 bits per heavy atom. The van der Waals surface area contributed by atoms with Gasteiger partial charge in [0.25, 0.3) is 0 Å². The number of carbonyl (C=O) groups excluding carboxylic acids is 1. The second-order valence-electron chi connectivity index (χ2n) is 10.0. The molecule has 2 heterocycles. The van der Waals surface area contributed by atoms with Crippen molar-refractivity contribution < 1.29 is 32.9 Å². The average Bonchev–Trinajstić information content (AvgIpc) is 2.92. The van der Waals surface area contributed by atoms with Gasteiger partial charge in [-0.2, -0.15) is 0 Å². The Hall–Kier alpha value is -3.12. The molecule has 0 bridgehead atoms. The van der Waals surface area contributed by atoms with Crippen molar-refractivity contribution in [3.8, 4) is 0 Å². The summed E-state index contributed by atoms with van der Waals surface area (Å²) in [4.78, 5) is 17.1. The molecule has 0 spiro atoms. The number of carbonyl (C=O) groups is 1. The van der Waals surface area contributed by atoms with Crippen LogP contribution in [0.25, 0.3) is 0 Å². The predicted octanol–water partition coefficient (Wildman–Crippen LogP) is 3.68. The summed E-state index contributed by atoms with van der Waals surface area (Å²) in [5, 5.41) is 28.3. The topological polar surface area (TPSA) is 100 Å². The number of piperidine rings is 1. The first-order chi connectivity index (χ1) is 19.1. The van der Waals surface area contributed by atoms with Gasteiger partial charge in [-0.05, 0) is 56.3 Å². The van der Waals surface area contributed by atoms with Crippen molar-refractivity contribution in [3.05, 3.63) is 76.5 Å². The number of likely N-dealkylation sites (tertiary alicyclic amines) is 2. The Kier molecular flexibility index (Phi) is 9.72. The molecule has 1 unspecified atom stereocenters. The van der Waals surface area contributed by atoms with Gasteiger partial charge in [0.1, 0.15) is 36.9 Å². The maximum Gasteiger partial charge on any atom is 0.248 e. The van der Waals surface area contributed by atoms with Crippen LogP contribution in [0.3, 0.4) is 0 Å². The molecule has 3 N–H and O–H groups in total. The molecule has 0 aliphatic carbocycles. The Morgan fingerprint density at radius 3 is 2.48 bits per heavy atom. The standard InChI is InChI=1S/C28H32ClF3N4O4/c1-17(12-30)40-27(33)19-2-3-20(25(32)10-19)13-36(21-4-5-24(31)23(29)11-21)28(39)18-6-8-34(9-7-18)22-14-35(15-22)26(38)16-37/h2-5,10-11,18,22,28,33,37,39H,1,6-9,12-16H2. The average molecular weight is 581 g/mol. The largest absolute Gasteiger partial charge is 0.441 e. The summed E-state index contributed by atoms with van der Waals surface area (Å²) in [6.07, 6.45) is 0.253. The minimum absolute atomic E-state index is 0.0678. The number of nitrogens with one attached hydrogen (secondary N) is 1. The number of nitrogens with zero attached hydrogens (tertiary/aromatic N) is 3. The van der Waals surface area contributed by atoms with E-state index in [1.807, 2.05) is 0 Å². The zero-order valence-corrected chi connectivity index (χ0v) is 22.6. The molecule has 216 valence electrons. The summed E-state index contributed by atoms with van der Waals surface area (Å²) in [6.45, 7) is 4.30. The Balaban J connectivity index is 1.47. The highest BCUT2D eigenvalue weighted by atomic mass is 35.5. The number of anilines is 1. The van der Waals surface area contributed by atoms with Gasteiger partial charge in [0.15, 0.2) is 0 Å². The lowest BCUT2D eigenvalue weighted by Crippen LogP contribution is -2.63. The third kappa shape index (κ3) is 6.77. The molecule has 0 saturated carbocycles. The summed E-state index contributed by atoms with van der Waals surface area (Å²) in [5.74, 6) is -2.46. The summed E-state index contributed by atoms with van der Waals surface area (Å²) in [5.41, 5.74) is 0.716. The Morgan fingerprint density at radius 2 is 1.88 bits per heavy atom. The monoisotopic (exact) mass is 580 g/mol. The number of aliphatic hydroxyl groups excluding tert-OH is 2. The van der Waals surface area contributed by atoms with Crippen molar-refractivity contribution in [2.24, 2.45) is 5.92 Å². The summed E-state index contributed by atoms with van der Waals surface area (Å²) in [7, 11) is 0. The van der Waals surface area contributed by atoms with E-state index in [4.69, 9.17) is 26.9 Å². The van der Waals surface area contributed by atoms with Crippen LogP contribution in [0.5, 0.6) is 0 Å². The van der Waals surface area contributed by atoms with E-state index in [0.29, 0.717) is 44.7 Å². The molecule has 0 radical (unpaired) electrons. The van der Waals surface area contributed by atoms with Crippen molar-refractivity contribution in [2.45, 2.75) is 31.7 Å². The zero-order chi connectivity index (χ0) is 29.0. The van der Waals surface area contributed by atoms with E-state index in [9.17, 15) is 18.7 Å². The maximum atomic E-state index is 15.2. The van der Waals surface area contributed by atoms with Crippen molar-refractivity contribution >= 4 is 29.1 Å². The number of hydrogen-bond donors (Lipinski definition) is 3. The van der Waals surface area contributed by atoms with Crippen LogP contribution in [0.4, 0.5) is 18.9 Å². The van der Waals surface area contributed by atoms with Crippen molar-refractivity contribution in [3.63, 3.8) is 0 Å². The first-order valence-electron chi connectivity index (χ1n) is 12.9. The van der Waals surface area contributed by atoms with Gasteiger partial charge in [0, 0.05) is 48.4 Å². The lowest BCUT2D eigenvalue weighted by atomic mass is 9.91. The molecule has 0 aromatic heterocycles. The quantitative estimate of drug-likeness (QED) is 0.172. The Bertz CT molecular complexity index is 1250. The van der Waals surface area contributed by atoms with Crippen molar-refractivity contribution in [2.75, 3.05) is 44.4 Å². The summed E-state index contributed by atoms with van der Waals surface area (Å²) >= 11 is 6.03. The van der Waals surface area contributed by atoms with Crippen LogP contribution in [0.15, 0.2) is 48.7 Å². The van der Waals surface area contributed by atoms with Gasteiger partial charge in [-0.3, -0.25) is 15.1 Å². The van der Waals surface area contributed by atoms with E-state index in [2.05, 4.69) is 11.5 Å². The van der Waals surface area contributed by atoms with Gasteiger partial charge >= 0.3 is 0 Å². The molecule has 2 fully saturated rings. The van der Waals surface area contributed by atoms with Crippen molar-refractivity contribution in [1.29, 1.82) is 5.41 Å². The van der Waals surface area contributed by atoms with E-state index in [0.717, 1.165) is 6.07 Å². The van der Waals surface area contributed by atoms with Gasteiger partial charge in [0.05, 0.1) is 5.02 Å². The van der Waals surface area contributed by atoms with Crippen LogP contribution in [0.2, 0.25) is 5.02 Å². The van der Waals surface area contributed by atoms with E-state index in [1.165, 1.54) is 30.3 Å². The van der Waals surface area contributed by atoms with Gasteiger partial charge in [-0.1, -0.05) is 24.2 Å². The number of allylic oxidation sites excluding steroid dienone is 1. The minimum Gasteiger partial charge on any atom is -0.441 e. The number of amides is 1. The lowest BCUT2D eigenvalue weighted by Gasteiger charge is -2.48. The predicted molar refractivity (Wildman–Crippen MR) is 145 cm³/mol. The van der Waals surface area contributed by atoms with Gasteiger partial charge in [-0.25, -0.2) is 13.2 Å². The zero-order valence-electron chi connectivity index (χ0n) is 21.8. The number of halogens is 4. The molecule has 4 rings (SSSR count). The second kappa shape index (κ2) is 13.0. The van der Waals surface area contributed by atoms with Gasteiger partial charge < -0.3 is 24.7 Å². The SMILES string of the molecule is C=C(CF)OC(=N)c1ccc(CN(c2ccc(F)c(Cl)c2)C(O)C2CCN(C3CN(C(=O)CO)C3)CC2)c(F)c1. The normalized spacial score (nSPS) is 17.3. The van der Waals surface area contributed by atoms with E-state index < -0.39 is 37.0 Å². The molecule has 8 nitrogen and oxygen atoms in total. The molecule has 2 aliphatic rings. The first-order valence-corrected chi connectivity index (χ1v) is 13.3. The third-order valence-electron chi connectivity index (χ3n) is 7.47. The molecule has 2 aliphatic heterocycles. The highest BCUT2D eigenvalue weighted by Crippen LogP contribution is 2.32. The molecule has 12 heteroatoms. The fraction of sp³-hybridized carbons (Fsp3) is 0.429. The molecule has 40 heavy (non-hydrogen) atoms. The number of ether oxygens (including phenoxy) is 1. The number of aliphatic hydroxyl groups is 2. The van der Waals surface area contributed by atoms with Crippen molar-refractivity contribution in [1.82, 2.24) is 9.80 Å². The summed E-state index contributed by atoms with van der Waals surface area (Å²) in [6, 6.07) is 8.24. The smallest absolute Gasteiger partial charge is 0.248 e. The van der Waals surface area contributed by atoms with Crippen LogP contribution in [-0.2, 0) is 16.1 Å². The van der Waals surface area contributed by atoms with Gasteiger partial charge in [-0.15, -0.1) is 0 Å². The maximum absolute atomic E-state index is 15.2. The Labute approximate surface area is 235 Å². The molecular formula is C28H32ClF3N4O4. The number of hydrogen-bond acceptors (Lipinski definition) is 7. The van der Waals surface area contributed by atoms with Crippen LogP contribution in [0, 0.1) is 23.0 Å². The molecule has 2 aromatic carbocycles. The van der Waals surface area contributed by atoms with Crippen LogP contribution in [0.1, 0.15) is 24.0 Å². The van der Waals surface area contributed by atoms with E-state index in [1.54, 1.807) is 9.80 Å². The third-order valence-corrected chi connectivity index (χ3v) is 7.76. The fourth-order valence-corrected chi connectivity index (χ4v) is 5.23. The van der Waals surface area contributed by atoms with E-state index >= 15 is 4.39 Å². The second-order valence-corrected chi connectivity index (χ2v) is 10.4. The number of rotatable bonds is 10. The summed E-state index contributed by atoms with van der Waals surface area (Å²) < 4.78 is 46.7. The van der Waals surface area contributed by atoms with Crippen LogP contribution < -0.4 is 4.90 Å². The highest BCUT2D eigenvalue weighted by molar-refractivity contribution is 6.31. The highest BCUT2D eigenvalue weighted by Gasteiger charge is 2.38. The van der Waals surface area contributed by atoms with Gasteiger partial charge in [0.2, 0.25) is 11.8 Å². The minimum atomic E-state index is -1.04. The molecule has 2 saturated heterocycles. The van der Waals surface area contributed by atoms with Crippen LogP contribution in [-0.4, -0.2) is 83.5 Å². The number of benzene rings is 2. The molecule has 1 atom stereocenters. The first kappa shape index (κ1) is 29.9. The van der Waals surface area contributed by atoms with Crippen LogP contribution >= 0.6 is 11.6 Å². The molecule has 1 amide bonds.